The molecule has 126 valence electrons. The second kappa shape index (κ2) is 6.67. The van der Waals surface area contributed by atoms with Crippen molar-refractivity contribution in [3.05, 3.63) is 29.3 Å². The van der Waals surface area contributed by atoms with Crippen molar-refractivity contribution < 1.29 is 22.7 Å². The van der Waals surface area contributed by atoms with Crippen LogP contribution in [0.4, 0.5) is 0 Å². The van der Waals surface area contributed by atoms with Crippen LogP contribution in [0, 0.1) is 13.8 Å². The highest BCUT2D eigenvalue weighted by molar-refractivity contribution is 7.89. The first-order valence-corrected chi connectivity index (χ1v) is 8.65. The van der Waals surface area contributed by atoms with Gasteiger partial charge in [0.1, 0.15) is 6.04 Å². The Morgan fingerprint density at radius 1 is 1.35 bits per heavy atom. The van der Waals surface area contributed by atoms with Crippen LogP contribution in [0.5, 0.6) is 0 Å². The van der Waals surface area contributed by atoms with E-state index in [9.17, 15) is 18.0 Å². The molecule has 7 nitrogen and oxygen atoms in total. The van der Waals surface area contributed by atoms with Crippen LogP contribution < -0.4 is 5.32 Å². The van der Waals surface area contributed by atoms with E-state index in [0.29, 0.717) is 0 Å². The van der Waals surface area contributed by atoms with Crippen LogP contribution in [0.1, 0.15) is 17.5 Å². The SMILES string of the molecule is COC(=O)C[C@@H]1C(=O)NCCN1S(=O)(=O)c1ccc(C)c(C)c1. The van der Waals surface area contributed by atoms with Gasteiger partial charge in [0.15, 0.2) is 0 Å². The molecule has 1 saturated heterocycles. The number of piperazine rings is 1. The van der Waals surface area contributed by atoms with Gasteiger partial charge in [0.2, 0.25) is 15.9 Å². The van der Waals surface area contributed by atoms with Gasteiger partial charge in [0.05, 0.1) is 18.4 Å². The van der Waals surface area contributed by atoms with Gasteiger partial charge >= 0.3 is 5.97 Å². The monoisotopic (exact) mass is 340 g/mol. The molecule has 0 bridgehead atoms. The Kier molecular flexibility index (Phi) is 5.06. The third-order valence-electron chi connectivity index (χ3n) is 3.95. The summed E-state index contributed by atoms with van der Waals surface area (Å²) in [6, 6.07) is 3.72. The molecule has 1 amide bonds. The van der Waals surface area contributed by atoms with E-state index in [4.69, 9.17) is 0 Å². The Balaban J connectivity index is 2.39. The largest absolute Gasteiger partial charge is 0.469 e. The highest BCUT2D eigenvalue weighted by Gasteiger charge is 2.39. The van der Waals surface area contributed by atoms with E-state index in [1.807, 2.05) is 13.8 Å². The minimum absolute atomic E-state index is 0.114. The molecule has 1 aliphatic heterocycles. The standard InChI is InChI=1S/C15H20N2O5S/c1-10-4-5-12(8-11(10)2)23(20,21)17-7-6-16-15(19)13(17)9-14(18)22-3/h4-5,8,13H,6-7,9H2,1-3H3,(H,16,19)/t13-/m1/s1. The van der Waals surface area contributed by atoms with Crippen LogP contribution in [-0.4, -0.2) is 50.8 Å². The second-order valence-electron chi connectivity index (χ2n) is 5.45. The lowest BCUT2D eigenvalue weighted by molar-refractivity contribution is -0.144. The number of nitrogens with one attached hydrogen (secondary N) is 1. The predicted molar refractivity (Wildman–Crippen MR) is 83.2 cm³/mol. The maximum Gasteiger partial charge on any atom is 0.307 e. The zero-order valence-corrected chi connectivity index (χ0v) is 14.1. The predicted octanol–water partition coefficient (Wildman–Crippen LogP) is 0.356. The number of esters is 1. The number of methoxy groups -OCH3 is 1. The van der Waals surface area contributed by atoms with Crippen LogP contribution in [0.25, 0.3) is 0 Å². The van der Waals surface area contributed by atoms with Gasteiger partial charge in [-0.05, 0) is 37.1 Å². The van der Waals surface area contributed by atoms with Gasteiger partial charge in [-0.15, -0.1) is 0 Å². The van der Waals surface area contributed by atoms with Gasteiger partial charge in [-0.1, -0.05) is 6.07 Å². The van der Waals surface area contributed by atoms with Gasteiger partial charge in [-0.3, -0.25) is 9.59 Å². The average molecular weight is 340 g/mol. The lowest BCUT2D eigenvalue weighted by Crippen LogP contribution is -2.57. The smallest absolute Gasteiger partial charge is 0.307 e. The maximum absolute atomic E-state index is 12.9. The number of rotatable bonds is 4. The summed E-state index contributed by atoms with van der Waals surface area (Å²) in [7, 11) is -2.67. The van der Waals surface area contributed by atoms with Crippen molar-refractivity contribution >= 4 is 21.9 Å². The van der Waals surface area contributed by atoms with Crippen LogP contribution in [-0.2, 0) is 24.3 Å². The molecule has 1 fully saturated rings. The number of sulfonamides is 1. The van der Waals surface area contributed by atoms with E-state index in [1.165, 1.54) is 13.2 Å². The van der Waals surface area contributed by atoms with Crippen LogP contribution in [0.3, 0.4) is 0 Å². The molecule has 0 aromatic heterocycles. The summed E-state index contributed by atoms with van der Waals surface area (Å²) in [6.45, 7) is 4.03. The van der Waals surface area contributed by atoms with Crippen molar-refractivity contribution in [1.29, 1.82) is 0 Å². The number of hydrogen-bond donors (Lipinski definition) is 1. The number of hydrogen-bond acceptors (Lipinski definition) is 5. The molecule has 1 N–H and O–H groups in total. The van der Waals surface area contributed by atoms with Gasteiger partial charge in [-0.25, -0.2) is 8.42 Å². The van der Waals surface area contributed by atoms with E-state index in [2.05, 4.69) is 10.1 Å². The third kappa shape index (κ3) is 3.53. The fourth-order valence-corrected chi connectivity index (χ4v) is 4.10. The average Bonchev–Trinajstić information content (AvgIpc) is 2.51. The minimum atomic E-state index is -3.87. The maximum atomic E-state index is 12.9. The molecule has 1 aromatic carbocycles. The molecule has 0 saturated carbocycles. The van der Waals surface area contributed by atoms with E-state index < -0.39 is 27.9 Å². The first-order valence-electron chi connectivity index (χ1n) is 7.21. The molecule has 0 spiro atoms. The quantitative estimate of drug-likeness (QED) is 0.799. The number of carbonyl (C=O) groups is 2. The number of nitrogens with zero attached hydrogens (tertiary/aromatic N) is 1. The number of benzene rings is 1. The summed E-state index contributed by atoms with van der Waals surface area (Å²) in [4.78, 5) is 23.7. The summed E-state index contributed by atoms with van der Waals surface area (Å²) in [5.74, 6) is -1.12. The summed E-state index contributed by atoms with van der Waals surface area (Å²) in [5, 5.41) is 2.58. The molecule has 0 unspecified atom stereocenters. The molecule has 0 aliphatic carbocycles. The highest BCUT2D eigenvalue weighted by Crippen LogP contribution is 2.23. The normalized spacial score (nSPS) is 19.3. The van der Waals surface area contributed by atoms with Gasteiger partial charge in [0, 0.05) is 13.1 Å². The van der Waals surface area contributed by atoms with Crippen molar-refractivity contribution in [1.82, 2.24) is 9.62 Å². The van der Waals surface area contributed by atoms with Crippen LogP contribution in [0.2, 0.25) is 0 Å². The zero-order chi connectivity index (χ0) is 17.2. The number of ether oxygens (including phenoxy) is 1. The summed E-state index contributed by atoms with van der Waals surface area (Å²) >= 11 is 0. The number of amides is 1. The molecule has 0 radical (unpaired) electrons. The molecule has 8 heteroatoms. The molecule has 1 aliphatic rings. The summed E-state index contributed by atoms with van der Waals surface area (Å²) in [5.41, 5.74) is 1.82. The molecular weight excluding hydrogens is 320 g/mol. The van der Waals surface area contributed by atoms with Crippen molar-refractivity contribution in [2.75, 3.05) is 20.2 Å². The number of carbonyl (C=O) groups excluding carboxylic acids is 2. The van der Waals surface area contributed by atoms with E-state index in [-0.39, 0.29) is 24.4 Å². The van der Waals surface area contributed by atoms with Crippen LogP contribution >= 0.6 is 0 Å². The van der Waals surface area contributed by atoms with E-state index >= 15 is 0 Å². The third-order valence-corrected chi connectivity index (χ3v) is 5.86. The minimum Gasteiger partial charge on any atom is -0.469 e. The van der Waals surface area contributed by atoms with Gasteiger partial charge < -0.3 is 10.1 Å². The molecule has 1 aromatic rings. The second-order valence-corrected chi connectivity index (χ2v) is 7.34. The van der Waals surface area contributed by atoms with Gasteiger partial charge in [-0.2, -0.15) is 4.31 Å². The first kappa shape index (κ1) is 17.4. The Bertz CT molecular complexity index is 729. The fraction of sp³-hybridized carbons (Fsp3) is 0.467. The lowest BCUT2D eigenvalue weighted by atomic mass is 10.1. The Morgan fingerprint density at radius 2 is 2.04 bits per heavy atom. The van der Waals surface area contributed by atoms with Crippen LogP contribution in [0.15, 0.2) is 23.1 Å². The fourth-order valence-electron chi connectivity index (χ4n) is 2.43. The van der Waals surface area contributed by atoms with Gasteiger partial charge in [0.25, 0.3) is 0 Å². The lowest BCUT2D eigenvalue weighted by Gasteiger charge is -2.33. The molecule has 2 rings (SSSR count). The summed E-state index contributed by atoms with van der Waals surface area (Å²) < 4.78 is 31.4. The van der Waals surface area contributed by atoms with E-state index in [0.717, 1.165) is 15.4 Å². The zero-order valence-electron chi connectivity index (χ0n) is 13.3. The molecule has 1 heterocycles. The van der Waals surface area contributed by atoms with Crippen molar-refractivity contribution in [3.8, 4) is 0 Å². The topological polar surface area (TPSA) is 92.8 Å². The number of aryl methyl sites for hydroxylation is 2. The summed E-state index contributed by atoms with van der Waals surface area (Å²) in [6.07, 6.45) is -0.313. The highest BCUT2D eigenvalue weighted by atomic mass is 32.2. The Morgan fingerprint density at radius 3 is 2.65 bits per heavy atom. The Hall–Kier alpha value is -1.93. The van der Waals surface area contributed by atoms with Crippen molar-refractivity contribution in [2.45, 2.75) is 31.2 Å². The molecule has 1 atom stereocenters. The van der Waals surface area contributed by atoms with Crippen molar-refractivity contribution in [2.24, 2.45) is 0 Å². The molecular formula is C15H20N2O5S. The van der Waals surface area contributed by atoms with Crippen molar-refractivity contribution in [3.63, 3.8) is 0 Å². The molecule has 23 heavy (non-hydrogen) atoms. The van der Waals surface area contributed by atoms with E-state index in [1.54, 1.807) is 12.1 Å². The first-order chi connectivity index (χ1) is 10.8. The Labute approximate surface area is 135 Å².